The van der Waals surface area contributed by atoms with E-state index in [0.717, 1.165) is 24.3 Å². The molecule has 1 aromatic heterocycles. The van der Waals surface area contributed by atoms with Gasteiger partial charge in [-0.1, -0.05) is 30.3 Å². The number of rotatable bonds is 5. The lowest BCUT2D eigenvalue weighted by atomic mass is 10.1. The van der Waals surface area contributed by atoms with Crippen LogP contribution in [0, 0.1) is 5.41 Å². The van der Waals surface area contributed by atoms with Crippen LogP contribution in [0.2, 0.25) is 0 Å². The molecule has 4 heteroatoms. The molecule has 0 radical (unpaired) electrons. The molecular weight excluding hydrogens is 236 g/mol. The summed E-state index contributed by atoms with van der Waals surface area (Å²) in [5.41, 5.74) is 8.45. The Kier molecular flexibility index (Phi) is 4.26. The Morgan fingerprint density at radius 2 is 1.89 bits per heavy atom. The van der Waals surface area contributed by atoms with Crippen LogP contribution in [0.25, 0.3) is 0 Å². The quantitative estimate of drug-likeness (QED) is 0.633. The van der Waals surface area contributed by atoms with Crippen LogP contribution < -0.4 is 5.73 Å². The van der Waals surface area contributed by atoms with Crippen LogP contribution in [0.15, 0.2) is 48.7 Å². The Morgan fingerprint density at radius 1 is 1.16 bits per heavy atom. The molecule has 2 aromatic rings. The van der Waals surface area contributed by atoms with E-state index in [2.05, 4.69) is 16.9 Å². The highest BCUT2D eigenvalue weighted by molar-refractivity contribution is 5.94. The average molecular weight is 254 g/mol. The van der Waals surface area contributed by atoms with Gasteiger partial charge in [-0.2, -0.15) is 0 Å². The average Bonchev–Trinajstić information content (AvgIpc) is 2.40. The number of nitrogen functional groups attached to an aromatic ring is 1. The zero-order valence-corrected chi connectivity index (χ0v) is 11.0. The van der Waals surface area contributed by atoms with Gasteiger partial charge in [0.1, 0.15) is 5.84 Å². The summed E-state index contributed by atoms with van der Waals surface area (Å²) >= 11 is 0. The minimum atomic E-state index is 0.105. The van der Waals surface area contributed by atoms with Gasteiger partial charge in [0.05, 0.1) is 5.69 Å². The third-order valence-corrected chi connectivity index (χ3v) is 2.88. The van der Waals surface area contributed by atoms with E-state index in [0.29, 0.717) is 0 Å². The molecule has 0 aliphatic rings. The second-order valence-corrected chi connectivity index (χ2v) is 4.60. The Labute approximate surface area is 113 Å². The number of pyridine rings is 1. The molecule has 0 amide bonds. The van der Waals surface area contributed by atoms with E-state index >= 15 is 0 Å². The molecule has 0 bridgehead atoms. The van der Waals surface area contributed by atoms with E-state index in [4.69, 9.17) is 11.1 Å². The van der Waals surface area contributed by atoms with Crippen molar-refractivity contribution in [2.75, 3.05) is 7.05 Å². The smallest absolute Gasteiger partial charge is 0.122 e. The van der Waals surface area contributed by atoms with Crippen LogP contribution in [0.4, 0.5) is 0 Å². The van der Waals surface area contributed by atoms with Crippen molar-refractivity contribution in [2.24, 2.45) is 5.73 Å². The molecule has 0 aliphatic carbocycles. The van der Waals surface area contributed by atoms with E-state index in [1.807, 2.05) is 48.7 Å². The van der Waals surface area contributed by atoms with Crippen LogP contribution in [0.5, 0.6) is 0 Å². The van der Waals surface area contributed by atoms with Crippen LogP contribution in [-0.4, -0.2) is 22.8 Å². The summed E-state index contributed by atoms with van der Waals surface area (Å²) in [6, 6.07) is 13.7. The van der Waals surface area contributed by atoms with Crippen molar-refractivity contribution in [3.8, 4) is 0 Å². The van der Waals surface area contributed by atoms with Crippen molar-refractivity contribution in [1.82, 2.24) is 9.88 Å². The number of nitrogens with zero attached hydrogens (tertiary/aromatic N) is 2. The van der Waals surface area contributed by atoms with Crippen LogP contribution >= 0.6 is 0 Å². The molecule has 0 spiro atoms. The lowest BCUT2D eigenvalue weighted by Crippen LogP contribution is -2.18. The van der Waals surface area contributed by atoms with E-state index in [-0.39, 0.29) is 5.84 Å². The number of nitrogens with one attached hydrogen (secondary N) is 1. The third kappa shape index (κ3) is 3.89. The maximum absolute atomic E-state index is 7.36. The van der Waals surface area contributed by atoms with Crippen molar-refractivity contribution >= 4 is 5.84 Å². The highest BCUT2D eigenvalue weighted by Gasteiger charge is 2.03. The van der Waals surface area contributed by atoms with Gasteiger partial charge in [-0.15, -0.1) is 0 Å². The van der Waals surface area contributed by atoms with Crippen molar-refractivity contribution in [2.45, 2.75) is 13.1 Å². The molecule has 1 heterocycles. The molecule has 0 atom stereocenters. The van der Waals surface area contributed by atoms with E-state index in [1.54, 1.807) is 0 Å². The lowest BCUT2D eigenvalue weighted by Gasteiger charge is -2.16. The predicted molar refractivity (Wildman–Crippen MR) is 76.9 cm³/mol. The molecule has 4 nitrogen and oxygen atoms in total. The van der Waals surface area contributed by atoms with Gasteiger partial charge in [-0.25, -0.2) is 0 Å². The lowest BCUT2D eigenvalue weighted by molar-refractivity contribution is 0.315. The minimum Gasteiger partial charge on any atom is -0.384 e. The van der Waals surface area contributed by atoms with Crippen LogP contribution in [-0.2, 0) is 13.1 Å². The monoisotopic (exact) mass is 254 g/mol. The largest absolute Gasteiger partial charge is 0.384 e. The van der Waals surface area contributed by atoms with Gasteiger partial charge in [0.2, 0.25) is 0 Å². The van der Waals surface area contributed by atoms with E-state index in [1.165, 1.54) is 5.56 Å². The van der Waals surface area contributed by atoms with Gasteiger partial charge in [0, 0.05) is 24.8 Å². The zero-order valence-electron chi connectivity index (χ0n) is 11.0. The highest BCUT2D eigenvalue weighted by atomic mass is 15.1. The molecule has 0 aliphatic heterocycles. The van der Waals surface area contributed by atoms with Crippen molar-refractivity contribution in [3.05, 3.63) is 65.5 Å². The molecule has 0 saturated carbocycles. The second-order valence-electron chi connectivity index (χ2n) is 4.60. The molecule has 2 rings (SSSR count). The number of amidine groups is 1. The summed E-state index contributed by atoms with van der Waals surface area (Å²) in [5, 5.41) is 7.36. The first-order chi connectivity index (χ1) is 9.15. The fourth-order valence-electron chi connectivity index (χ4n) is 1.93. The van der Waals surface area contributed by atoms with Crippen LogP contribution in [0.1, 0.15) is 16.8 Å². The fourth-order valence-corrected chi connectivity index (χ4v) is 1.93. The van der Waals surface area contributed by atoms with Gasteiger partial charge in [0.25, 0.3) is 0 Å². The molecule has 98 valence electrons. The summed E-state index contributed by atoms with van der Waals surface area (Å²) in [6.07, 6.45) is 1.81. The summed E-state index contributed by atoms with van der Waals surface area (Å²) in [6.45, 7) is 1.66. The molecule has 0 saturated heterocycles. The van der Waals surface area contributed by atoms with Crippen molar-refractivity contribution in [1.29, 1.82) is 5.41 Å². The molecule has 3 N–H and O–H groups in total. The number of benzene rings is 1. The number of hydrogen-bond acceptors (Lipinski definition) is 3. The van der Waals surface area contributed by atoms with Gasteiger partial charge in [-0.3, -0.25) is 15.3 Å². The van der Waals surface area contributed by atoms with Crippen LogP contribution in [0.3, 0.4) is 0 Å². The topological polar surface area (TPSA) is 66.0 Å². The number of hydrogen-bond donors (Lipinski definition) is 2. The maximum Gasteiger partial charge on any atom is 0.122 e. The summed E-state index contributed by atoms with van der Waals surface area (Å²) in [7, 11) is 2.06. The zero-order chi connectivity index (χ0) is 13.7. The highest BCUT2D eigenvalue weighted by Crippen LogP contribution is 2.08. The first-order valence-electron chi connectivity index (χ1n) is 6.17. The molecule has 0 unspecified atom stereocenters. The minimum absolute atomic E-state index is 0.105. The molecule has 19 heavy (non-hydrogen) atoms. The first-order valence-corrected chi connectivity index (χ1v) is 6.17. The molecule has 0 fully saturated rings. The molecular formula is C15H18N4. The van der Waals surface area contributed by atoms with Gasteiger partial charge < -0.3 is 5.73 Å². The van der Waals surface area contributed by atoms with Gasteiger partial charge in [0.15, 0.2) is 0 Å². The van der Waals surface area contributed by atoms with Crippen molar-refractivity contribution in [3.63, 3.8) is 0 Å². The standard InChI is InChI=1S/C15H18N4/c1-19(11-14-4-2-3-9-18-14)10-12-5-7-13(8-6-12)15(16)17/h2-9H,10-11H2,1H3,(H3,16,17). The summed E-state index contributed by atoms with van der Waals surface area (Å²) in [5.74, 6) is 0.105. The van der Waals surface area contributed by atoms with Gasteiger partial charge >= 0.3 is 0 Å². The maximum atomic E-state index is 7.36. The summed E-state index contributed by atoms with van der Waals surface area (Å²) in [4.78, 5) is 6.51. The Balaban J connectivity index is 1.95. The fraction of sp³-hybridized carbons (Fsp3) is 0.200. The second kappa shape index (κ2) is 6.11. The number of aromatic nitrogens is 1. The number of nitrogens with two attached hydrogens (primary N) is 1. The van der Waals surface area contributed by atoms with Crippen molar-refractivity contribution < 1.29 is 0 Å². The Morgan fingerprint density at radius 3 is 2.47 bits per heavy atom. The first kappa shape index (κ1) is 13.2. The van der Waals surface area contributed by atoms with E-state index in [9.17, 15) is 0 Å². The Hall–Kier alpha value is -2.20. The van der Waals surface area contributed by atoms with E-state index < -0.39 is 0 Å². The predicted octanol–water partition coefficient (Wildman–Crippen LogP) is 2.00. The Bertz CT molecular complexity index is 534. The SMILES string of the molecule is CN(Cc1ccc(C(=N)N)cc1)Cc1ccccn1. The third-order valence-electron chi connectivity index (χ3n) is 2.88. The molecule has 1 aromatic carbocycles. The summed E-state index contributed by atoms with van der Waals surface area (Å²) < 4.78 is 0. The normalized spacial score (nSPS) is 10.6. The van der Waals surface area contributed by atoms with Gasteiger partial charge in [-0.05, 0) is 24.7 Å².